The monoisotopic (exact) mass is 261 g/mol. The summed E-state index contributed by atoms with van der Waals surface area (Å²) < 4.78 is 6.65. The minimum absolute atomic E-state index is 0.383. The lowest BCUT2D eigenvalue weighted by molar-refractivity contribution is 0.170. The molecule has 1 aromatic heterocycles. The van der Waals surface area contributed by atoms with Gasteiger partial charge in [0.05, 0.1) is 18.1 Å². The molecule has 0 saturated carbocycles. The zero-order valence-electron chi connectivity index (χ0n) is 11.7. The number of ether oxygens (including phenoxy) is 1. The number of amides is 1. The van der Waals surface area contributed by atoms with Crippen molar-refractivity contribution in [3.8, 4) is 0 Å². The molecule has 0 saturated heterocycles. The van der Waals surface area contributed by atoms with E-state index in [-0.39, 0.29) is 0 Å². The van der Waals surface area contributed by atoms with E-state index in [0.29, 0.717) is 12.5 Å². The van der Waals surface area contributed by atoms with Crippen LogP contribution in [0, 0.1) is 0 Å². The molecule has 0 unspecified atom stereocenters. The minimum atomic E-state index is -0.427. The summed E-state index contributed by atoms with van der Waals surface area (Å²) in [5.41, 5.74) is 3.06. The molecule has 2 aromatic rings. The third-order valence-electron chi connectivity index (χ3n) is 3.12. The molecule has 102 valence electrons. The van der Waals surface area contributed by atoms with Gasteiger partial charge in [-0.2, -0.15) is 0 Å². The number of hydrogen-bond donors (Lipinski definition) is 1. The number of hydrogen-bond acceptors (Lipinski definition) is 3. The van der Waals surface area contributed by atoms with Gasteiger partial charge in [-0.25, -0.2) is 9.78 Å². The van der Waals surface area contributed by atoms with Crippen molar-refractivity contribution in [1.29, 1.82) is 0 Å². The average molecular weight is 261 g/mol. The van der Waals surface area contributed by atoms with E-state index in [1.165, 1.54) is 7.11 Å². The van der Waals surface area contributed by atoms with E-state index in [1.807, 2.05) is 25.2 Å². The summed E-state index contributed by atoms with van der Waals surface area (Å²) >= 11 is 0. The van der Waals surface area contributed by atoms with Crippen LogP contribution in [0.15, 0.2) is 18.2 Å². The van der Waals surface area contributed by atoms with Gasteiger partial charge < -0.3 is 14.6 Å². The molecular formula is C14H19N3O2. The molecular weight excluding hydrogens is 242 g/mol. The Bertz CT molecular complexity index is 602. The van der Waals surface area contributed by atoms with Crippen LogP contribution in [-0.4, -0.2) is 22.8 Å². The molecule has 0 atom stereocenters. The largest absolute Gasteiger partial charge is 0.453 e. The Balaban J connectivity index is 2.28. The zero-order valence-corrected chi connectivity index (χ0v) is 11.7. The Morgan fingerprint density at radius 2 is 2.21 bits per heavy atom. The maximum atomic E-state index is 11.0. The number of methoxy groups -OCH3 is 1. The van der Waals surface area contributed by atoms with Gasteiger partial charge in [0.25, 0.3) is 0 Å². The van der Waals surface area contributed by atoms with Crippen molar-refractivity contribution in [1.82, 2.24) is 14.9 Å². The second kappa shape index (κ2) is 5.30. The van der Waals surface area contributed by atoms with Crippen LogP contribution in [-0.2, 0) is 18.3 Å². The number of imidazole rings is 1. The second-order valence-electron chi connectivity index (χ2n) is 4.85. The molecule has 0 fully saturated rings. The highest BCUT2D eigenvalue weighted by Gasteiger charge is 2.11. The fraction of sp³-hybridized carbons (Fsp3) is 0.429. The minimum Gasteiger partial charge on any atom is -0.453 e. The van der Waals surface area contributed by atoms with E-state index in [4.69, 9.17) is 0 Å². The third-order valence-corrected chi connectivity index (χ3v) is 3.12. The lowest BCUT2D eigenvalue weighted by Crippen LogP contribution is -2.22. The standard InChI is InChI=1S/C14H19N3O2/c1-9(2)13-16-11-7-10(8-15-14(18)19-4)5-6-12(11)17(13)3/h5-7,9H,8H2,1-4H3,(H,15,18). The number of aromatic nitrogens is 2. The lowest BCUT2D eigenvalue weighted by atomic mass is 10.2. The molecule has 5 nitrogen and oxygen atoms in total. The molecule has 0 spiro atoms. The first kappa shape index (κ1) is 13.4. The first-order valence-electron chi connectivity index (χ1n) is 6.30. The smallest absolute Gasteiger partial charge is 0.407 e. The van der Waals surface area contributed by atoms with E-state index >= 15 is 0 Å². The molecule has 0 aliphatic rings. The number of benzene rings is 1. The van der Waals surface area contributed by atoms with Crippen LogP contribution >= 0.6 is 0 Å². The summed E-state index contributed by atoms with van der Waals surface area (Å²) in [6, 6.07) is 6.02. The molecule has 2 rings (SSSR count). The van der Waals surface area contributed by atoms with Gasteiger partial charge in [0.2, 0.25) is 0 Å². The molecule has 1 aromatic carbocycles. The van der Waals surface area contributed by atoms with Crippen molar-refractivity contribution in [2.75, 3.05) is 7.11 Å². The molecule has 5 heteroatoms. The molecule has 0 aliphatic carbocycles. The number of rotatable bonds is 3. The summed E-state index contributed by atoms with van der Waals surface area (Å²) in [6.45, 7) is 4.69. The van der Waals surface area contributed by atoms with Gasteiger partial charge in [-0.1, -0.05) is 19.9 Å². The number of alkyl carbamates (subject to hydrolysis) is 1. The number of nitrogens with zero attached hydrogens (tertiary/aromatic N) is 2. The Hall–Kier alpha value is -2.04. The number of carbonyl (C=O) groups excluding carboxylic acids is 1. The van der Waals surface area contributed by atoms with E-state index < -0.39 is 6.09 Å². The lowest BCUT2D eigenvalue weighted by Gasteiger charge is -2.05. The summed E-state index contributed by atoms with van der Waals surface area (Å²) in [5.74, 6) is 1.45. The highest BCUT2D eigenvalue weighted by molar-refractivity contribution is 5.77. The fourth-order valence-corrected chi connectivity index (χ4v) is 2.14. The van der Waals surface area contributed by atoms with Crippen LogP contribution in [0.3, 0.4) is 0 Å². The predicted molar refractivity (Wildman–Crippen MR) is 74.0 cm³/mol. The Kier molecular flexibility index (Phi) is 3.74. The fourth-order valence-electron chi connectivity index (χ4n) is 2.14. The average Bonchev–Trinajstić information content (AvgIpc) is 2.73. The first-order valence-corrected chi connectivity index (χ1v) is 6.30. The molecule has 1 amide bonds. The Morgan fingerprint density at radius 3 is 2.84 bits per heavy atom. The number of aryl methyl sites for hydroxylation is 1. The molecule has 0 aliphatic heterocycles. The van der Waals surface area contributed by atoms with Gasteiger partial charge in [-0.05, 0) is 17.7 Å². The Morgan fingerprint density at radius 1 is 1.47 bits per heavy atom. The van der Waals surface area contributed by atoms with Crippen LogP contribution in [0.2, 0.25) is 0 Å². The van der Waals surface area contributed by atoms with Crippen LogP contribution in [0.5, 0.6) is 0 Å². The predicted octanol–water partition coefficient (Wildman–Crippen LogP) is 2.55. The highest BCUT2D eigenvalue weighted by Crippen LogP contribution is 2.21. The normalized spacial score (nSPS) is 11.0. The van der Waals surface area contributed by atoms with Gasteiger partial charge in [-0.15, -0.1) is 0 Å². The van der Waals surface area contributed by atoms with Crippen molar-refractivity contribution >= 4 is 17.1 Å². The van der Waals surface area contributed by atoms with Gasteiger partial charge in [0.1, 0.15) is 5.82 Å². The van der Waals surface area contributed by atoms with Crippen LogP contribution in [0.4, 0.5) is 4.79 Å². The second-order valence-corrected chi connectivity index (χ2v) is 4.85. The van der Waals surface area contributed by atoms with E-state index in [2.05, 4.69) is 33.5 Å². The van der Waals surface area contributed by atoms with Crippen LogP contribution in [0.1, 0.15) is 31.2 Å². The van der Waals surface area contributed by atoms with Gasteiger partial charge in [0.15, 0.2) is 0 Å². The van der Waals surface area contributed by atoms with E-state index in [1.54, 1.807) is 0 Å². The van der Waals surface area contributed by atoms with Crippen molar-refractivity contribution in [3.05, 3.63) is 29.6 Å². The quantitative estimate of drug-likeness (QED) is 0.923. The number of fused-ring (bicyclic) bond motifs is 1. The highest BCUT2D eigenvalue weighted by atomic mass is 16.5. The first-order chi connectivity index (χ1) is 9.02. The van der Waals surface area contributed by atoms with Crippen molar-refractivity contribution in [2.24, 2.45) is 7.05 Å². The van der Waals surface area contributed by atoms with Crippen molar-refractivity contribution < 1.29 is 9.53 Å². The SMILES string of the molecule is COC(=O)NCc1ccc2c(c1)nc(C(C)C)n2C. The summed E-state index contributed by atoms with van der Waals surface area (Å²) in [5, 5.41) is 2.66. The topological polar surface area (TPSA) is 56.1 Å². The summed E-state index contributed by atoms with van der Waals surface area (Å²) in [6.07, 6.45) is -0.427. The van der Waals surface area contributed by atoms with Crippen molar-refractivity contribution in [3.63, 3.8) is 0 Å². The molecule has 1 heterocycles. The van der Waals surface area contributed by atoms with E-state index in [0.717, 1.165) is 22.4 Å². The molecule has 19 heavy (non-hydrogen) atoms. The maximum absolute atomic E-state index is 11.0. The molecule has 1 N–H and O–H groups in total. The van der Waals surface area contributed by atoms with Gasteiger partial charge in [0, 0.05) is 19.5 Å². The molecule has 0 radical (unpaired) electrons. The van der Waals surface area contributed by atoms with Crippen molar-refractivity contribution in [2.45, 2.75) is 26.3 Å². The third kappa shape index (κ3) is 2.70. The number of nitrogens with one attached hydrogen (secondary N) is 1. The Labute approximate surface area is 112 Å². The van der Waals surface area contributed by atoms with Crippen LogP contribution < -0.4 is 5.32 Å². The van der Waals surface area contributed by atoms with Gasteiger partial charge >= 0.3 is 6.09 Å². The van der Waals surface area contributed by atoms with E-state index in [9.17, 15) is 4.79 Å². The van der Waals surface area contributed by atoms with Crippen LogP contribution in [0.25, 0.3) is 11.0 Å². The molecule has 0 bridgehead atoms. The van der Waals surface area contributed by atoms with Gasteiger partial charge in [-0.3, -0.25) is 0 Å². The summed E-state index contributed by atoms with van der Waals surface area (Å²) in [4.78, 5) is 15.7. The number of carbonyl (C=O) groups is 1. The summed E-state index contributed by atoms with van der Waals surface area (Å²) in [7, 11) is 3.38. The zero-order chi connectivity index (χ0) is 14.0. The maximum Gasteiger partial charge on any atom is 0.407 e.